The van der Waals surface area contributed by atoms with Crippen molar-refractivity contribution in [1.29, 1.82) is 0 Å². The van der Waals surface area contributed by atoms with Crippen LogP contribution < -0.4 is 10.6 Å². The predicted octanol–water partition coefficient (Wildman–Crippen LogP) is 7.97. The van der Waals surface area contributed by atoms with Crippen molar-refractivity contribution < 1.29 is 32.5 Å². The lowest BCUT2D eigenvalue weighted by Crippen LogP contribution is -2.41. The van der Waals surface area contributed by atoms with Gasteiger partial charge in [-0.2, -0.15) is 0 Å². The number of hydrogen-bond acceptors (Lipinski definition) is 5. The molecule has 0 aliphatic carbocycles. The van der Waals surface area contributed by atoms with Gasteiger partial charge in [0, 0.05) is 19.7 Å². The summed E-state index contributed by atoms with van der Waals surface area (Å²) in [7, 11) is 1.60. The number of amides is 2. The third kappa shape index (κ3) is 25.8. The SMILES string of the molecule is CCCCCCCCCCCCCCCCCCOCC(CNC(=O)NCc1ccccc1)OP(=O)(O)OCC[N+](C)(C)C. The second-order valence-corrected chi connectivity index (χ2v) is 14.4. The summed E-state index contributed by atoms with van der Waals surface area (Å²) in [4.78, 5) is 22.6. The van der Waals surface area contributed by atoms with Gasteiger partial charge in [-0.3, -0.25) is 9.05 Å². The Bertz CT molecular complexity index is 868. The van der Waals surface area contributed by atoms with Gasteiger partial charge in [0.15, 0.2) is 0 Å². The molecule has 0 saturated carbocycles. The van der Waals surface area contributed by atoms with E-state index in [2.05, 4.69) is 17.6 Å². The molecule has 0 fully saturated rings. The van der Waals surface area contributed by atoms with Crippen molar-refractivity contribution in [2.75, 3.05) is 54.1 Å². The summed E-state index contributed by atoms with van der Waals surface area (Å²) in [6, 6.07) is 9.20. The molecule has 0 aliphatic rings. The first-order valence-electron chi connectivity index (χ1n) is 17.2. The summed E-state index contributed by atoms with van der Waals surface area (Å²) in [5.74, 6) is 0. The van der Waals surface area contributed by atoms with Gasteiger partial charge in [0.25, 0.3) is 0 Å². The highest BCUT2D eigenvalue weighted by atomic mass is 31.2. The van der Waals surface area contributed by atoms with Crippen LogP contribution in [-0.2, 0) is 24.9 Å². The Kier molecular flexibility index (Phi) is 23.7. The maximum atomic E-state index is 12.6. The molecule has 2 amide bonds. The zero-order valence-electron chi connectivity index (χ0n) is 28.4. The molecule has 1 rings (SSSR count). The Morgan fingerprint density at radius 2 is 1.32 bits per heavy atom. The van der Waals surface area contributed by atoms with Crippen LogP contribution in [0.25, 0.3) is 0 Å². The van der Waals surface area contributed by atoms with E-state index in [9.17, 15) is 14.3 Å². The van der Waals surface area contributed by atoms with Gasteiger partial charge < -0.3 is 24.7 Å². The second kappa shape index (κ2) is 25.7. The fourth-order valence-electron chi connectivity index (χ4n) is 4.79. The number of carbonyl (C=O) groups is 1. The molecule has 10 heteroatoms. The Balaban J connectivity index is 2.22. The largest absolute Gasteiger partial charge is 0.472 e. The van der Waals surface area contributed by atoms with Crippen LogP contribution in [0.3, 0.4) is 0 Å². The molecular formula is C34H65N3O6P+. The van der Waals surface area contributed by atoms with Crippen molar-refractivity contribution in [3.05, 3.63) is 35.9 Å². The van der Waals surface area contributed by atoms with E-state index in [4.69, 9.17) is 13.8 Å². The molecule has 2 unspecified atom stereocenters. The van der Waals surface area contributed by atoms with Crippen LogP contribution in [0.5, 0.6) is 0 Å². The molecule has 2 atom stereocenters. The minimum Gasteiger partial charge on any atom is -0.379 e. The number of phosphoric acid groups is 1. The lowest BCUT2D eigenvalue weighted by Gasteiger charge is -2.25. The van der Waals surface area contributed by atoms with E-state index in [1.165, 1.54) is 89.9 Å². The van der Waals surface area contributed by atoms with E-state index >= 15 is 0 Å². The Labute approximate surface area is 269 Å². The molecular weight excluding hydrogens is 577 g/mol. The average molecular weight is 643 g/mol. The minimum absolute atomic E-state index is 0.0167. The molecule has 44 heavy (non-hydrogen) atoms. The van der Waals surface area contributed by atoms with Crippen molar-refractivity contribution in [3.8, 4) is 0 Å². The number of benzene rings is 1. The minimum atomic E-state index is -4.31. The number of ether oxygens (including phenoxy) is 1. The van der Waals surface area contributed by atoms with E-state index < -0.39 is 13.9 Å². The zero-order valence-corrected chi connectivity index (χ0v) is 29.3. The summed E-state index contributed by atoms with van der Waals surface area (Å²) in [5, 5.41) is 5.50. The van der Waals surface area contributed by atoms with E-state index in [-0.39, 0.29) is 25.8 Å². The van der Waals surface area contributed by atoms with E-state index in [0.717, 1.165) is 18.4 Å². The molecule has 0 bridgehead atoms. The summed E-state index contributed by atoms with van der Waals surface area (Å²) in [6.45, 7) is 3.91. The standard InChI is InChI=1S/C34H64N3O6P/c1-5-6-7-8-9-10-11-12-13-14-15-16-17-18-19-23-27-41-31-33(43-44(39,40)42-28-26-37(2,3)4)30-36-34(38)35-29-32-24-21-20-22-25-32/h20-22,24-25,33H,5-19,23,26-31H2,1-4H3,(H2-,35,36,38,39,40)/p+1. The Morgan fingerprint density at radius 1 is 0.795 bits per heavy atom. The second-order valence-electron chi connectivity index (χ2n) is 13.0. The third-order valence-electron chi connectivity index (χ3n) is 7.53. The van der Waals surface area contributed by atoms with Gasteiger partial charge in [0.2, 0.25) is 0 Å². The maximum absolute atomic E-state index is 12.6. The number of rotatable bonds is 29. The van der Waals surface area contributed by atoms with Gasteiger partial charge in [0.05, 0.1) is 27.7 Å². The first-order valence-corrected chi connectivity index (χ1v) is 18.7. The lowest BCUT2D eigenvalue weighted by molar-refractivity contribution is -0.870. The van der Waals surface area contributed by atoms with Crippen LogP contribution in [0.2, 0.25) is 0 Å². The highest BCUT2D eigenvalue weighted by molar-refractivity contribution is 7.47. The van der Waals surface area contributed by atoms with Crippen LogP contribution >= 0.6 is 7.82 Å². The van der Waals surface area contributed by atoms with E-state index in [1.807, 2.05) is 51.5 Å². The number of urea groups is 1. The van der Waals surface area contributed by atoms with Gasteiger partial charge in [0.1, 0.15) is 19.3 Å². The Hall–Kier alpha value is -1.48. The first kappa shape index (κ1) is 40.5. The average Bonchev–Trinajstić information content (AvgIpc) is 2.97. The normalized spacial score (nSPS) is 13.8. The van der Waals surface area contributed by atoms with Crippen molar-refractivity contribution in [1.82, 2.24) is 10.6 Å². The monoisotopic (exact) mass is 642 g/mol. The summed E-state index contributed by atoms with van der Waals surface area (Å²) >= 11 is 0. The molecule has 0 aromatic heterocycles. The van der Waals surface area contributed by atoms with Gasteiger partial charge >= 0.3 is 13.9 Å². The van der Waals surface area contributed by atoms with E-state index in [1.54, 1.807) is 0 Å². The van der Waals surface area contributed by atoms with Gasteiger partial charge in [-0.15, -0.1) is 0 Å². The van der Waals surface area contributed by atoms with Crippen LogP contribution in [0, 0.1) is 0 Å². The first-order chi connectivity index (χ1) is 21.1. The van der Waals surface area contributed by atoms with E-state index in [0.29, 0.717) is 24.2 Å². The van der Waals surface area contributed by atoms with Crippen molar-refractivity contribution in [2.45, 2.75) is 122 Å². The molecule has 0 saturated heterocycles. The number of unbranched alkanes of at least 4 members (excludes halogenated alkanes) is 15. The number of carbonyl (C=O) groups excluding carboxylic acids is 1. The predicted molar refractivity (Wildman–Crippen MR) is 181 cm³/mol. The van der Waals surface area contributed by atoms with Crippen molar-refractivity contribution >= 4 is 13.9 Å². The fourth-order valence-corrected chi connectivity index (χ4v) is 5.68. The Morgan fingerprint density at radius 3 is 1.84 bits per heavy atom. The topological polar surface area (TPSA) is 106 Å². The smallest absolute Gasteiger partial charge is 0.379 e. The lowest BCUT2D eigenvalue weighted by atomic mass is 10.0. The number of likely N-dealkylation sites (N-methyl/N-ethyl adjacent to an activating group) is 1. The number of hydrogen-bond donors (Lipinski definition) is 3. The number of nitrogens with one attached hydrogen (secondary N) is 2. The maximum Gasteiger partial charge on any atom is 0.472 e. The highest BCUT2D eigenvalue weighted by Crippen LogP contribution is 2.44. The van der Waals surface area contributed by atoms with Crippen LogP contribution in [0.15, 0.2) is 30.3 Å². The third-order valence-corrected chi connectivity index (χ3v) is 8.60. The number of quaternary nitrogens is 1. The molecule has 9 nitrogen and oxygen atoms in total. The number of nitrogens with zero attached hydrogens (tertiary/aromatic N) is 1. The molecule has 0 aliphatic heterocycles. The van der Waals surface area contributed by atoms with Crippen LogP contribution in [0.4, 0.5) is 4.79 Å². The number of phosphoric ester groups is 1. The molecule has 0 heterocycles. The molecule has 1 aromatic rings. The highest BCUT2D eigenvalue weighted by Gasteiger charge is 2.28. The summed E-state index contributed by atoms with van der Waals surface area (Å²) in [6.07, 6.45) is 20.1. The summed E-state index contributed by atoms with van der Waals surface area (Å²) in [5.41, 5.74) is 0.975. The molecule has 0 radical (unpaired) electrons. The molecule has 0 spiro atoms. The van der Waals surface area contributed by atoms with Gasteiger partial charge in [-0.25, -0.2) is 9.36 Å². The molecule has 3 N–H and O–H groups in total. The van der Waals surface area contributed by atoms with Crippen LogP contribution in [0.1, 0.15) is 115 Å². The van der Waals surface area contributed by atoms with Crippen molar-refractivity contribution in [2.24, 2.45) is 0 Å². The fraction of sp³-hybridized carbons (Fsp3) is 0.794. The molecule has 1 aromatic carbocycles. The van der Waals surface area contributed by atoms with Gasteiger partial charge in [-0.05, 0) is 12.0 Å². The van der Waals surface area contributed by atoms with Crippen molar-refractivity contribution in [3.63, 3.8) is 0 Å². The quantitative estimate of drug-likeness (QED) is 0.0465. The summed E-state index contributed by atoms with van der Waals surface area (Å²) < 4.78 is 29.6. The van der Waals surface area contributed by atoms with Gasteiger partial charge in [-0.1, -0.05) is 134 Å². The van der Waals surface area contributed by atoms with Crippen LogP contribution in [-0.4, -0.2) is 75.6 Å². The zero-order chi connectivity index (χ0) is 32.4. The molecule has 256 valence electrons.